The van der Waals surface area contributed by atoms with Crippen molar-refractivity contribution in [1.29, 1.82) is 0 Å². The molecule has 3 N–H and O–H groups in total. The van der Waals surface area contributed by atoms with Crippen molar-refractivity contribution in [2.75, 3.05) is 52.8 Å². The molecule has 4 atom stereocenters. The van der Waals surface area contributed by atoms with E-state index in [1.807, 2.05) is 26.2 Å². The average molecular weight is 421 g/mol. The molecule has 1 aromatic carbocycles. The number of methoxy groups -OCH3 is 1. The molecule has 0 aliphatic carbocycles. The van der Waals surface area contributed by atoms with Gasteiger partial charge in [0.25, 0.3) is 0 Å². The number of aliphatic hydroxyl groups is 1. The lowest BCUT2D eigenvalue weighted by Gasteiger charge is -2.37. The van der Waals surface area contributed by atoms with Gasteiger partial charge in [0.15, 0.2) is 0 Å². The van der Waals surface area contributed by atoms with Crippen molar-refractivity contribution < 1.29 is 28.9 Å². The zero-order valence-electron chi connectivity index (χ0n) is 17.7. The van der Waals surface area contributed by atoms with Crippen molar-refractivity contribution in [3.8, 4) is 5.75 Å². The predicted molar refractivity (Wildman–Crippen MR) is 111 cm³/mol. The monoisotopic (exact) mass is 421 g/mol. The Balaban J connectivity index is 1.70. The van der Waals surface area contributed by atoms with E-state index >= 15 is 0 Å². The van der Waals surface area contributed by atoms with Crippen molar-refractivity contribution >= 4 is 17.5 Å². The van der Waals surface area contributed by atoms with Gasteiger partial charge in [-0.2, -0.15) is 0 Å². The number of anilines is 1. The number of benzene rings is 1. The van der Waals surface area contributed by atoms with E-state index in [9.17, 15) is 14.7 Å². The summed E-state index contributed by atoms with van der Waals surface area (Å²) in [5.74, 6) is 0.494. The third-order valence-corrected chi connectivity index (χ3v) is 5.28. The zero-order valence-corrected chi connectivity index (χ0v) is 17.7. The summed E-state index contributed by atoms with van der Waals surface area (Å²) >= 11 is 0. The van der Waals surface area contributed by atoms with Crippen LogP contribution < -0.4 is 15.4 Å². The quantitative estimate of drug-likeness (QED) is 0.493. The summed E-state index contributed by atoms with van der Waals surface area (Å²) in [7, 11) is 5.25. The number of nitrogens with one attached hydrogen (secondary N) is 2. The maximum absolute atomic E-state index is 12.2. The van der Waals surface area contributed by atoms with Gasteiger partial charge in [-0.05, 0) is 38.7 Å². The predicted octanol–water partition coefficient (Wildman–Crippen LogP) is 0.334. The fraction of sp³-hybridized carbons (Fsp3) is 0.619. The first-order chi connectivity index (χ1) is 14.4. The standard InChI is InChI=1S/C21H31N3O6/c1-24(2)11-20(27)23-13-4-5-17-15(8-13)16-9-14(10-19(26)22-6-7-28-3)29-18(12-25)21(16)30-17/h4-5,8,14,16,18,21,25H,6-7,9-12H2,1-3H3,(H,22,26)(H,23,27)/t14-,16+,18-,21-/m1/s1. The van der Waals surface area contributed by atoms with E-state index < -0.39 is 6.10 Å². The molecule has 0 bridgehead atoms. The highest BCUT2D eigenvalue weighted by Gasteiger charge is 2.46. The number of aliphatic hydroxyl groups excluding tert-OH is 1. The summed E-state index contributed by atoms with van der Waals surface area (Å²) < 4.78 is 16.9. The van der Waals surface area contributed by atoms with E-state index in [0.717, 1.165) is 11.3 Å². The number of nitrogens with zero attached hydrogens (tertiary/aromatic N) is 1. The first kappa shape index (κ1) is 22.5. The van der Waals surface area contributed by atoms with Gasteiger partial charge >= 0.3 is 0 Å². The Morgan fingerprint density at radius 1 is 1.30 bits per heavy atom. The van der Waals surface area contributed by atoms with Gasteiger partial charge in [0.1, 0.15) is 18.0 Å². The summed E-state index contributed by atoms with van der Waals surface area (Å²) in [5, 5.41) is 15.5. The second-order valence-corrected chi connectivity index (χ2v) is 7.99. The first-order valence-electron chi connectivity index (χ1n) is 10.2. The molecule has 2 heterocycles. The van der Waals surface area contributed by atoms with Crippen LogP contribution in [0.4, 0.5) is 5.69 Å². The number of amides is 2. The minimum Gasteiger partial charge on any atom is -0.487 e. The number of hydrogen-bond acceptors (Lipinski definition) is 7. The van der Waals surface area contributed by atoms with Crippen LogP contribution in [0.5, 0.6) is 5.75 Å². The Bertz CT molecular complexity index is 756. The second-order valence-electron chi connectivity index (χ2n) is 7.99. The fourth-order valence-electron chi connectivity index (χ4n) is 4.03. The molecule has 2 aliphatic rings. The highest BCUT2D eigenvalue weighted by Crippen LogP contribution is 2.47. The summed E-state index contributed by atoms with van der Waals surface area (Å²) in [6.07, 6.45) is -0.350. The van der Waals surface area contributed by atoms with Crippen LogP contribution in [0.2, 0.25) is 0 Å². The van der Waals surface area contributed by atoms with Gasteiger partial charge in [0.2, 0.25) is 11.8 Å². The van der Waals surface area contributed by atoms with E-state index in [0.29, 0.717) is 31.8 Å². The molecule has 9 nitrogen and oxygen atoms in total. The molecule has 0 radical (unpaired) electrons. The van der Waals surface area contributed by atoms with E-state index in [1.54, 1.807) is 18.1 Å². The van der Waals surface area contributed by atoms with E-state index in [2.05, 4.69) is 10.6 Å². The normalized spacial score (nSPS) is 24.7. The molecular weight excluding hydrogens is 390 g/mol. The molecule has 0 aromatic heterocycles. The summed E-state index contributed by atoms with van der Waals surface area (Å²) in [6.45, 7) is 0.994. The van der Waals surface area contributed by atoms with E-state index in [1.165, 1.54) is 0 Å². The molecule has 2 amide bonds. The van der Waals surface area contributed by atoms with Gasteiger partial charge in [-0.25, -0.2) is 0 Å². The molecule has 3 rings (SSSR count). The Kier molecular flexibility index (Phi) is 7.65. The lowest BCUT2D eigenvalue weighted by molar-refractivity contribution is -0.142. The molecule has 166 valence electrons. The summed E-state index contributed by atoms with van der Waals surface area (Å²) in [4.78, 5) is 26.1. The van der Waals surface area contributed by atoms with E-state index in [4.69, 9.17) is 14.2 Å². The zero-order chi connectivity index (χ0) is 21.7. The maximum Gasteiger partial charge on any atom is 0.238 e. The van der Waals surface area contributed by atoms with Crippen molar-refractivity contribution in [2.24, 2.45) is 0 Å². The Labute approximate surface area is 176 Å². The number of carbonyl (C=O) groups is 2. The van der Waals surface area contributed by atoms with Crippen LogP contribution >= 0.6 is 0 Å². The topological polar surface area (TPSA) is 109 Å². The van der Waals surface area contributed by atoms with Gasteiger partial charge in [-0.15, -0.1) is 0 Å². The van der Waals surface area contributed by atoms with Crippen LogP contribution in [-0.2, 0) is 19.1 Å². The molecular formula is C21H31N3O6. The van der Waals surface area contributed by atoms with Crippen molar-refractivity contribution in [1.82, 2.24) is 10.2 Å². The van der Waals surface area contributed by atoms with Gasteiger partial charge in [0, 0.05) is 30.8 Å². The van der Waals surface area contributed by atoms with Gasteiger partial charge in [0.05, 0.1) is 32.3 Å². The summed E-state index contributed by atoms with van der Waals surface area (Å²) in [6, 6.07) is 5.56. The highest BCUT2D eigenvalue weighted by atomic mass is 16.6. The number of carbonyl (C=O) groups excluding carboxylic acids is 2. The lowest BCUT2D eigenvalue weighted by atomic mass is 9.84. The van der Waals surface area contributed by atoms with Crippen molar-refractivity contribution in [3.63, 3.8) is 0 Å². The largest absolute Gasteiger partial charge is 0.487 e. The fourth-order valence-corrected chi connectivity index (χ4v) is 4.03. The lowest BCUT2D eigenvalue weighted by Crippen LogP contribution is -2.47. The van der Waals surface area contributed by atoms with Crippen LogP contribution in [-0.4, -0.2) is 87.6 Å². The first-order valence-corrected chi connectivity index (χ1v) is 10.2. The summed E-state index contributed by atoms with van der Waals surface area (Å²) in [5.41, 5.74) is 1.67. The Morgan fingerprint density at radius 2 is 2.10 bits per heavy atom. The molecule has 1 fully saturated rings. The molecule has 2 aliphatic heterocycles. The van der Waals surface area contributed by atoms with E-state index in [-0.39, 0.29) is 43.0 Å². The highest BCUT2D eigenvalue weighted by molar-refractivity contribution is 5.92. The van der Waals surface area contributed by atoms with Crippen molar-refractivity contribution in [3.05, 3.63) is 23.8 Å². The van der Waals surface area contributed by atoms with Crippen molar-refractivity contribution in [2.45, 2.75) is 37.1 Å². The third-order valence-electron chi connectivity index (χ3n) is 5.28. The van der Waals surface area contributed by atoms with Crippen LogP contribution in [0, 0.1) is 0 Å². The van der Waals surface area contributed by atoms with Gasteiger partial charge in [-0.3, -0.25) is 9.59 Å². The molecule has 0 spiro atoms. The number of hydrogen-bond donors (Lipinski definition) is 3. The number of rotatable bonds is 9. The molecule has 1 aromatic rings. The Hall–Kier alpha value is -2.20. The third kappa shape index (κ3) is 5.48. The molecule has 0 saturated carbocycles. The SMILES string of the molecule is COCCNC(=O)C[C@H]1C[C@H]2c3cc(NC(=O)CN(C)C)ccc3O[C@H]2[C@@H](CO)O1. The van der Waals surface area contributed by atoms with Gasteiger partial charge < -0.3 is 34.9 Å². The van der Waals surface area contributed by atoms with Crippen LogP contribution in [0.1, 0.15) is 24.3 Å². The smallest absolute Gasteiger partial charge is 0.238 e. The number of ether oxygens (including phenoxy) is 3. The minimum absolute atomic E-state index is 0.0200. The van der Waals surface area contributed by atoms with Gasteiger partial charge in [-0.1, -0.05) is 0 Å². The number of fused-ring (bicyclic) bond motifs is 3. The maximum atomic E-state index is 12.2. The number of likely N-dealkylation sites (N-methyl/N-ethyl adjacent to an activating group) is 1. The van der Waals surface area contributed by atoms with Crippen LogP contribution in [0.25, 0.3) is 0 Å². The molecule has 0 unspecified atom stereocenters. The molecule has 1 saturated heterocycles. The average Bonchev–Trinajstić information content (AvgIpc) is 3.05. The minimum atomic E-state index is -0.514. The molecule has 9 heteroatoms. The Morgan fingerprint density at radius 3 is 2.80 bits per heavy atom. The van der Waals surface area contributed by atoms with Crippen LogP contribution in [0.3, 0.4) is 0 Å². The second kappa shape index (κ2) is 10.2. The molecule has 30 heavy (non-hydrogen) atoms. The van der Waals surface area contributed by atoms with Crippen LogP contribution in [0.15, 0.2) is 18.2 Å².